The molecule has 0 spiro atoms. The number of hydrogen-bond donors (Lipinski definition) is 3. The number of furan rings is 1. The van der Waals surface area contributed by atoms with Crippen molar-refractivity contribution in [3.63, 3.8) is 0 Å². The van der Waals surface area contributed by atoms with Crippen molar-refractivity contribution >= 4 is 5.97 Å². The largest absolute Gasteiger partial charge is 0.475 e. The molecule has 16 heavy (non-hydrogen) atoms. The molecule has 1 saturated carbocycles. The Kier molecular flexibility index (Phi) is 2.98. The summed E-state index contributed by atoms with van der Waals surface area (Å²) < 4.78 is 4.87. The zero-order valence-electron chi connectivity index (χ0n) is 8.90. The highest BCUT2D eigenvalue weighted by molar-refractivity contribution is 5.86. The van der Waals surface area contributed by atoms with Gasteiger partial charge in [0.1, 0.15) is 0 Å². The average molecular weight is 225 g/mol. The lowest BCUT2D eigenvalue weighted by Gasteiger charge is -2.41. The second kappa shape index (κ2) is 4.27. The number of nitrogens with one attached hydrogen (secondary N) is 1. The molecule has 0 saturated heterocycles. The Balaban J connectivity index is 1.99. The van der Waals surface area contributed by atoms with Crippen LogP contribution in [0.5, 0.6) is 0 Å². The third kappa shape index (κ3) is 1.96. The van der Waals surface area contributed by atoms with Crippen molar-refractivity contribution < 1.29 is 19.4 Å². The van der Waals surface area contributed by atoms with Crippen LogP contribution >= 0.6 is 0 Å². The van der Waals surface area contributed by atoms with Gasteiger partial charge in [-0.1, -0.05) is 0 Å². The Morgan fingerprint density at radius 3 is 2.81 bits per heavy atom. The van der Waals surface area contributed by atoms with Crippen LogP contribution in [0.1, 0.15) is 35.4 Å². The molecule has 5 nitrogen and oxygen atoms in total. The van der Waals surface area contributed by atoms with Gasteiger partial charge in [-0.2, -0.15) is 0 Å². The Morgan fingerprint density at radius 1 is 1.56 bits per heavy atom. The second-order valence-corrected chi connectivity index (χ2v) is 4.23. The quantitative estimate of drug-likeness (QED) is 0.695. The van der Waals surface area contributed by atoms with Crippen molar-refractivity contribution in [3.05, 3.63) is 23.7 Å². The molecule has 1 aromatic rings. The number of carboxylic acid groups (broad SMARTS) is 1. The Bertz CT molecular complexity index is 376. The maximum absolute atomic E-state index is 10.8. The highest BCUT2D eigenvalue weighted by Crippen LogP contribution is 2.31. The van der Waals surface area contributed by atoms with Crippen molar-refractivity contribution in [2.45, 2.75) is 31.3 Å². The number of hydrogen-bond acceptors (Lipinski definition) is 4. The highest BCUT2D eigenvalue weighted by atomic mass is 16.4. The minimum atomic E-state index is -1.06. The first-order valence-corrected chi connectivity index (χ1v) is 5.32. The lowest BCUT2D eigenvalue weighted by atomic mass is 9.77. The minimum Gasteiger partial charge on any atom is -0.475 e. The molecule has 0 aromatic carbocycles. The van der Waals surface area contributed by atoms with E-state index in [1.807, 2.05) is 0 Å². The van der Waals surface area contributed by atoms with Crippen molar-refractivity contribution in [1.29, 1.82) is 0 Å². The molecule has 1 fully saturated rings. The van der Waals surface area contributed by atoms with Gasteiger partial charge in [-0.25, -0.2) is 4.79 Å². The van der Waals surface area contributed by atoms with Crippen LogP contribution in [0.4, 0.5) is 0 Å². The summed E-state index contributed by atoms with van der Waals surface area (Å²) in [7, 11) is 0. The molecule has 1 heterocycles. The summed E-state index contributed by atoms with van der Waals surface area (Å²) in [4.78, 5) is 10.8. The lowest BCUT2D eigenvalue weighted by Crippen LogP contribution is -2.53. The van der Waals surface area contributed by atoms with Gasteiger partial charge in [0.05, 0.1) is 12.9 Å². The molecule has 1 aliphatic rings. The summed E-state index contributed by atoms with van der Waals surface area (Å²) in [6.45, 7) is 0.506. The molecule has 88 valence electrons. The SMILES string of the molecule is O=C(O)c1occc1CNC1(CO)CCC1. The second-order valence-electron chi connectivity index (χ2n) is 4.23. The first-order chi connectivity index (χ1) is 7.67. The zero-order chi connectivity index (χ0) is 11.6. The smallest absolute Gasteiger partial charge is 0.372 e. The Labute approximate surface area is 93.1 Å². The summed E-state index contributed by atoms with van der Waals surface area (Å²) in [5, 5.41) is 21.3. The zero-order valence-corrected chi connectivity index (χ0v) is 8.90. The van der Waals surface area contributed by atoms with Crippen LogP contribution < -0.4 is 5.32 Å². The fourth-order valence-corrected chi connectivity index (χ4v) is 1.94. The van der Waals surface area contributed by atoms with Crippen LogP contribution in [0.15, 0.2) is 16.7 Å². The first-order valence-electron chi connectivity index (χ1n) is 5.32. The van der Waals surface area contributed by atoms with Crippen molar-refractivity contribution in [3.8, 4) is 0 Å². The van der Waals surface area contributed by atoms with Gasteiger partial charge < -0.3 is 19.9 Å². The standard InChI is InChI=1S/C11H15NO4/c13-7-11(3-1-4-11)12-6-8-2-5-16-9(8)10(14)15/h2,5,12-13H,1,3-4,6-7H2,(H,14,15). The van der Waals surface area contributed by atoms with E-state index in [-0.39, 0.29) is 17.9 Å². The summed E-state index contributed by atoms with van der Waals surface area (Å²) in [5.41, 5.74) is 0.403. The number of rotatable bonds is 5. The van der Waals surface area contributed by atoms with Gasteiger partial charge in [0.2, 0.25) is 5.76 Å². The van der Waals surface area contributed by atoms with E-state index in [9.17, 15) is 9.90 Å². The third-order valence-corrected chi connectivity index (χ3v) is 3.21. The molecule has 0 bridgehead atoms. The average Bonchev–Trinajstić information content (AvgIpc) is 2.65. The molecule has 5 heteroatoms. The maximum atomic E-state index is 10.8. The van der Waals surface area contributed by atoms with E-state index in [1.54, 1.807) is 6.07 Å². The molecule has 3 N–H and O–H groups in total. The van der Waals surface area contributed by atoms with Crippen LogP contribution in [0.25, 0.3) is 0 Å². The van der Waals surface area contributed by atoms with E-state index in [0.717, 1.165) is 19.3 Å². The number of carbonyl (C=O) groups is 1. The lowest BCUT2D eigenvalue weighted by molar-refractivity contribution is 0.0657. The molecule has 0 unspecified atom stereocenters. The predicted molar refractivity (Wildman–Crippen MR) is 56.2 cm³/mol. The molecule has 0 amide bonds. The fraction of sp³-hybridized carbons (Fsp3) is 0.545. The first kappa shape index (κ1) is 11.2. The van der Waals surface area contributed by atoms with E-state index < -0.39 is 5.97 Å². The van der Waals surface area contributed by atoms with E-state index in [0.29, 0.717) is 12.1 Å². The molecule has 1 aromatic heterocycles. The Morgan fingerprint density at radius 2 is 2.31 bits per heavy atom. The predicted octanol–water partition coefficient (Wildman–Crippen LogP) is 0.982. The summed E-state index contributed by atoms with van der Waals surface area (Å²) in [5.74, 6) is -1.09. The van der Waals surface area contributed by atoms with Crippen LogP contribution in [-0.4, -0.2) is 28.3 Å². The number of aliphatic hydroxyl groups is 1. The number of aliphatic hydroxyl groups excluding tert-OH is 1. The van der Waals surface area contributed by atoms with Crippen LogP contribution in [-0.2, 0) is 6.54 Å². The molecule has 0 atom stereocenters. The molecule has 2 rings (SSSR count). The summed E-state index contributed by atoms with van der Waals surface area (Å²) >= 11 is 0. The normalized spacial score (nSPS) is 18.1. The molecular formula is C11H15NO4. The maximum Gasteiger partial charge on any atom is 0.372 e. The van der Waals surface area contributed by atoms with Crippen LogP contribution in [0, 0.1) is 0 Å². The summed E-state index contributed by atoms with van der Waals surface area (Å²) in [6, 6.07) is 1.64. The van der Waals surface area contributed by atoms with Crippen LogP contribution in [0.2, 0.25) is 0 Å². The monoisotopic (exact) mass is 225 g/mol. The van der Waals surface area contributed by atoms with E-state index in [4.69, 9.17) is 9.52 Å². The van der Waals surface area contributed by atoms with Gasteiger partial charge in [-0.15, -0.1) is 0 Å². The Hall–Kier alpha value is -1.33. The molecule has 0 radical (unpaired) electrons. The van der Waals surface area contributed by atoms with Gasteiger partial charge in [-0.3, -0.25) is 0 Å². The highest BCUT2D eigenvalue weighted by Gasteiger charge is 2.35. The van der Waals surface area contributed by atoms with Gasteiger partial charge in [-0.05, 0) is 25.3 Å². The van der Waals surface area contributed by atoms with Gasteiger partial charge in [0.25, 0.3) is 0 Å². The molecule has 0 aliphatic heterocycles. The van der Waals surface area contributed by atoms with Gasteiger partial charge in [0.15, 0.2) is 0 Å². The van der Waals surface area contributed by atoms with Crippen molar-refractivity contribution in [1.82, 2.24) is 5.32 Å². The van der Waals surface area contributed by atoms with E-state index in [2.05, 4.69) is 5.32 Å². The fourth-order valence-electron chi connectivity index (χ4n) is 1.94. The minimum absolute atomic E-state index is 0.0279. The number of aromatic carboxylic acids is 1. The van der Waals surface area contributed by atoms with Crippen LogP contribution in [0.3, 0.4) is 0 Å². The van der Waals surface area contributed by atoms with E-state index in [1.165, 1.54) is 6.26 Å². The van der Waals surface area contributed by atoms with Crippen molar-refractivity contribution in [2.75, 3.05) is 6.61 Å². The van der Waals surface area contributed by atoms with Gasteiger partial charge >= 0.3 is 5.97 Å². The number of carboxylic acids is 1. The van der Waals surface area contributed by atoms with Gasteiger partial charge in [0, 0.05) is 17.6 Å². The molecular weight excluding hydrogens is 210 g/mol. The topological polar surface area (TPSA) is 82.7 Å². The van der Waals surface area contributed by atoms with Crippen molar-refractivity contribution in [2.24, 2.45) is 0 Å². The van der Waals surface area contributed by atoms with E-state index >= 15 is 0 Å². The third-order valence-electron chi connectivity index (χ3n) is 3.21. The summed E-state index contributed by atoms with van der Waals surface area (Å²) in [6.07, 6.45) is 4.34. The molecule has 1 aliphatic carbocycles.